The van der Waals surface area contributed by atoms with E-state index in [1.807, 2.05) is 6.92 Å². The van der Waals surface area contributed by atoms with Crippen molar-refractivity contribution in [2.45, 2.75) is 64.9 Å². The van der Waals surface area contributed by atoms with Crippen LogP contribution >= 0.6 is 0 Å². The summed E-state index contributed by atoms with van der Waals surface area (Å²) in [5.74, 6) is -0.219. The zero-order valence-electron chi connectivity index (χ0n) is 14.7. The Morgan fingerprint density at radius 3 is 2.50 bits per heavy atom. The minimum absolute atomic E-state index is 0.0694. The first-order valence-corrected chi connectivity index (χ1v) is 9.33. The Morgan fingerprint density at radius 1 is 1.12 bits per heavy atom. The predicted octanol–water partition coefficient (Wildman–Crippen LogP) is 3.19. The summed E-state index contributed by atoms with van der Waals surface area (Å²) in [6.07, 6.45) is 4.74. The molecule has 0 radical (unpaired) electrons. The highest BCUT2D eigenvalue weighted by Crippen LogP contribution is 2.71. The van der Waals surface area contributed by atoms with Gasteiger partial charge in [-0.05, 0) is 75.2 Å². The Hall–Kier alpha value is -1.16. The van der Waals surface area contributed by atoms with Gasteiger partial charge in [-0.15, -0.1) is 0 Å². The van der Waals surface area contributed by atoms with Crippen molar-refractivity contribution in [3.05, 3.63) is 12.2 Å². The lowest BCUT2D eigenvalue weighted by Gasteiger charge is -2.64. The number of hydrogen-bond donors (Lipinski definition) is 2. The van der Waals surface area contributed by atoms with Crippen molar-refractivity contribution in [2.24, 2.45) is 34.0 Å². The first-order chi connectivity index (χ1) is 11.2. The molecule has 0 saturated heterocycles. The summed E-state index contributed by atoms with van der Waals surface area (Å²) in [5, 5.41) is 20.9. The molecule has 4 nitrogen and oxygen atoms in total. The van der Waals surface area contributed by atoms with Crippen molar-refractivity contribution in [1.29, 1.82) is 0 Å². The van der Waals surface area contributed by atoms with Gasteiger partial charge in [-0.2, -0.15) is 0 Å². The number of aliphatic carboxylic acids is 1. The van der Waals surface area contributed by atoms with E-state index in [1.54, 1.807) is 0 Å². The number of aliphatic hydroxyl groups is 1. The largest absolute Gasteiger partial charge is 0.481 e. The van der Waals surface area contributed by atoms with Crippen molar-refractivity contribution in [2.75, 3.05) is 0 Å². The number of carboxylic acid groups (broad SMARTS) is 1. The number of Topliss-reactive ketones (excluding diaryl/α,β-unsaturated/α-hetero) is 1. The highest BCUT2D eigenvalue weighted by atomic mass is 16.4. The van der Waals surface area contributed by atoms with Crippen molar-refractivity contribution in [3.8, 4) is 0 Å². The highest BCUT2D eigenvalue weighted by Gasteiger charge is 2.70. The van der Waals surface area contributed by atoms with Crippen LogP contribution in [0.4, 0.5) is 0 Å². The Balaban J connectivity index is 1.83. The van der Waals surface area contributed by atoms with E-state index in [9.17, 15) is 19.8 Å². The quantitative estimate of drug-likeness (QED) is 0.723. The summed E-state index contributed by atoms with van der Waals surface area (Å²) < 4.78 is 0. The molecule has 4 heteroatoms. The minimum Gasteiger partial charge on any atom is -0.481 e. The van der Waals surface area contributed by atoms with Crippen LogP contribution in [0.1, 0.15) is 58.8 Å². The number of carbonyl (C=O) groups excluding carboxylic acids is 1. The third kappa shape index (κ3) is 1.63. The van der Waals surface area contributed by atoms with Gasteiger partial charge in [-0.1, -0.05) is 13.5 Å². The molecule has 4 fully saturated rings. The van der Waals surface area contributed by atoms with Gasteiger partial charge in [0.1, 0.15) is 0 Å². The summed E-state index contributed by atoms with van der Waals surface area (Å²) in [7, 11) is 0. The van der Waals surface area contributed by atoms with Crippen LogP contribution in [0.5, 0.6) is 0 Å². The molecule has 0 aromatic heterocycles. The Morgan fingerprint density at radius 2 is 1.83 bits per heavy atom. The van der Waals surface area contributed by atoms with Crippen LogP contribution in [0.2, 0.25) is 0 Å². The lowest BCUT2D eigenvalue weighted by atomic mass is 9.40. The molecule has 2 N–H and O–H groups in total. The molecule has 4 aliphatic rings. The first kappa shape index (κ1) is 16.3. The Bertz CT molecular complexity index is 640. The van der Waals surface area contributed by atoms with E-state index in [4.69, 9.17) is 0 Å². The van der Waals surface area contributed by atoms with Crippen LogP contribution in [0, 0.1) is 34.0 Å². The molecule has 4 aliphatic carbocycles. The smallest absolute Gasteiger partial charge is 0.309 e. The van der Waals surface area contributed by atoms with Gasteiger partial charge in [-0.3, -0.25) is 9.59 Å². The number of carbonyl (C=O) groups is 2. The number of allylic oxidation sites excluding steroid dienone is 1. The molecule has 1 spiro atoms. The summed E-state index contributed by atoms with van der Waals surface area (Å²) in [6, 6.07) is 0. The molecule has 0 aromatic rings. The molecule has 7 atom stereocenters. The SMILES string of the molecule is C=C1C(=O)[C@]23CC[C@@H]4[C@](C)([C@H](O)CC[C@]4(C)C(=O)O)[C@H]2CC[C@H]1C3. The number of carboxylic acids is 1. The molecule has 0 amide bonds. The van der Waals surface area contributed by atoms with Gasteiger partial charge in [0.2, 0.25) is 0 Å². The molecule has 2 bridgehead atoms. The highest BCUT2D eigenvalue weighted by molar-refractivity contribution is 6.03. The predicted molar refractivity (Wildman–Crippen MR) is 89.2 cm³/mol. The van der Waals surface area contributed by atoms with Crippen LogP contribution in [-0.2, 0) is 9.59 Å². The summed E-state index contributed by atoms with van der Waals surface area (Å²) in [6.45, 7) is 7.98. The van der Waals surface area contributed by atoms with Crippen LogP contribution in [0.15, 0.2) is 12.2 Å². The van der Waals surface area contributed by atoms with Crippen molar-refractivity contribution in [3.63, 3.8) is 0 Å². The number of rotatable bonds is 1. The van der Waals surface area contributed by atoms with Crippen LogP contribution in [0.25, 0.3) is 0 Å². The second-order valence-electron chi connectivity index (χ2n) is 9.28. The van der Waals surface area contributed by atoms with Crippen molar-refractivity contribution in [1.82, 2.24) is 0 Å². The van der Waals surface area contributed by atoms with E-state index in [2.05, 4.69) is 13.5 Å². The molecule has 4 rings (SSSR count). The molecule has 4 saturated carbocycles. The maximum Gasteiger partial charge on any atom is 0.309 e. The maximum absolute atomic E-state index is 13.1. The van der Waals surface area contributed by atoms with Gasteiger partial charge in [0.15, 0.2) is 5.78 Å². The Kier molecular flexibility index (Phi) is 3.21. The normalized spacial score (nSPS) is 53.5. The number of fused-ring (bicyclic) bond motifs is 3. The van der Waals surface area contributed by atoms with Crippen LogP contribution < -0.4 is 0 Å². The van der Waals surface area contributed by atoms with E-state index < -0.39 is 22.9 Å². The fourth-order valence-corrected chi connectivity index (χ4v) is 7.28. The average molecular weight is 332 g/mol. The average Bonchev–Trinajstić information content (AvgIpc) is 2.72. The zero-order valence-corrected chi connectivity index (χ0v) is 14.7. The van der Waals surface area contributed by atoms with Gasteiger partial charge in [0, 0.05) is 10.8 Å². The standard InChI is InChI=1S/C20H28O4/c1-11-12-4-5-14-19(3)13(6-9-20(14,10-12)16(11)22)18(2,17(23)24)8-7-15(19)21/h12-15,21H,1,4-10H2,2-3H3,(H,23,24)/t12-,13-,14+,15+,18-,19-,20-/m0/s1. The Labute approximate surface area is 143 Å². The van der Waals surface area contributed by atoms with Gasteiger partial charge in [-0.25, -0.2) is 0 Å². The van der Waals surface area contributed by atoms with E-state index in [1.165, 1.54) is 0 Å². The molecule has 0 aromatic carbocycles. The topological polar surface area (TPSA) is 74.6 Å². The lowest BCUT2D eigenvalue weighted by Crippen LogP contribution is -2.64. The minimum atomic E-state index is -0.800. The fourth-order valence-electron chi connectivity index (χ4n) is 7.28. The third-order valence-electron chi connectivity index (χ3n) is 8.61. The number of hydrogen-bond acceptors (Lipinski definition) is 3. The van der Waals surface area contributed by atoms with Gasteiger partial charge in [0.05, 0.1) is 11.5 Å². The fraction of sp³-hybridized carbons (Fsp3) is 0.800. The third-order valence-corrected chi connectivity index (χ3v) is 8.61. The molecular formula is C20H28O4. The molecule has 0 aliphatic heterocycles. The van der Waals surface area contributed by atoms with Crippen molar-refractivity contribution >= 4 is 11.8 Å². The second kappa shape index (κ2) is 4.72. The lowest BCUT2D eigenvalue weighted by molar-refractivity contribution is -0.210. The molecule has 0 unspecified atom stereocenters. The van der Waals surface area contributed by atoms with Gasteiger partial charge < -0.3 is 10.2 Å². The van der Waals surface area contributed by atoms with Crippen LogP contribution in [0.3, 0.4) is 0 Å². The van der Waals surface area contributed by atoms with E-state index in [0.717, 1.165) is 37.7 Å². The summed E-state index contributed by atoms with van der Waals surface area (Å²) in [4.78, 5) is 25.1. The van der Waals surface area contributed by atoms with E-state index >= 15 is 0 Å². The monoisotopic (exact) mass is 332 g/mol. The van der Waals surface area contributed by atoms with Gasteiger partial charge in [0.25, 0.3) is 0 Å². The van der Waals surface area contributed by atoms with Crippen molar-refractivity contribution < 1.29 is 19.8 Å². The van der Waals surface area contributed by atoms with Gasteiger partial charge >= 0.3 is 5.97 Å². The number of aliphatic hydroxyl groups excluding tert-OH is 1. The zero-order chi connectivity index (χ0) is 17.5. The van der Waals surface area contributed by atoms with Crippen LogP contribution in [-0.4, -0.2) is 28.1 Å². The second-order valence-corrected chi connectivity index (χ2v) is 9.28. The van der Waals surface area contributed by atoms with E-state index in [0.29, 0.717) is 18.8 Å². The molecule has 24 heavy (non-hydrogen) atoms. The molecule has 132 valence electrons. The summed E-state index contributed by atoms with van der Waals surface area (Å²) in [5.41, 5.74) is -0.894. The molecule has 0 heterocycles. The van der Waals surface area contributed by atoms with E-state index in [-0.39, 0.29) is 23.0 Å². The molecular weight excluding hydrogens is 304 g/mol. The maximum atomic E-state index is 13.1. The summed E-state index contributed by atoms with van der Waals surface area (Å²) >= 11 is 0. The first-order valence-electron chi connectivity index (χ1n) is 9.33. The number of ketones is 1.